The van der Waals surface area contributed by atoms with Crippen molar-refractivity contribution in [3.05, 3.63) is 24.3 Å². The van der Waals surface area contributed by atoms with Crippen LogP contribution in [0.3, 0.4) is 0 Å². The molecule has 0 aromatic carbocycles. The van der Waals surface area contributed by atoms with Gasteiger partial charge in [0.2, 0.25) is 5.91 Å². The number of carbonyl (C=O) groups is 2. The van der Waals surface area contributed by atoms with Crippen molar-refractivity contribution in [2.75, 3.05) is 13.2 Å². The Kier molecular flexibility index (Phi) is 50.6. The van der Waals surface area contributed by atoms with Gasteiger partial charge in [0.05, 0.1) is 25.4 Å². The highest BCUT2D eigenvalue weighted by Gasteiger charge is 2.18. The molecule has 0 aliphatic carbocycles. The molecule has 1 amide bonds. The summed E-state index contributed by atoms with van der Waals surface area (Å²) in [6.45, 7) is 4.87. The highest BCUT2D eigenvalue weighted by Crippen LogP contribution is 2.16. The van der Waals surface area contributed by atoms with E-state index in [0.717, 1.165) is 57.8 Å². The van der Waals surface area contributed by atoms with Crippen LogP contribution in [-0.4, -0.2) is 47.4 Å². The van der Waals surface area contributed by atoms with Crippen LogP contribution in [0.15, 0.2) is 24.3 Å². The summed E-state index contributed by atoms with van der Waals surface area (Å²) in [4.78, 5) is 24.5. The van der Waals surface area contributed by atoms with Crippen molar-refractivity contribution >= 4 is 11.9 Å². The lowest BCUT2D eigenvalue weighted by Crippen LogP contribution is -2.45. The van der Waals surface area contributed by atoms with Gasteiger partial charge in [0.25, 0.3) is 0 Å². The predicted molar refractivity (Wildman–Crippen MR) is 269 cm³/mol. The van der Waals surface area contributed by atoms with Gasteiger partial charge in [-0.25, -0.2) is 0 Å². The summed E-state index contributed by atoms with van der Waals surface area (Å²) >= 11 is 0. The Morgan fingerprint density at radius 3 is 1.15 bits per heavy atom. The van der Waals surface area contributed by atoms with Gasteiger partial charge >= 0.3 is 5.97 Å². The Morgan fingerprint density at radius 2 is 0.758 bits per heavy atom. The number of rotatable bonds is 51. The highest BCUT2D eigenvalue weighted by atomic mass is 16.5. The standard InChI is InChI=1S/C56H107NO5/c1-3-5-7-9-11-13-15-17-19-21-23-25-30-34-38-42-46-50-56(61)62-51-47-43-39-35-31-27-26-29-33-37-41-45-49-55(60)57-53(52-58)54(59)48-44-40-36-32-28-24-22-20-18-16-14-12-10-8-6-4-2/h17,19,44,48,53-54,58-59H,3-16,18,20-43,45-47,49-52H2,1-2H3,(H,57,60)/b19-17-,48-44+. The first-order valence-corrected chi connectivity index (χ1v) is 27.6. The van der Waals surface area contributed by atoms with E-state index in [1.165, 1.54) is 212 Å². The number of hydrogen-bond donors (Lipinski definition) is 3. The fourth-order valence-corrected chi connectivity index (χ4v) is 8.45. The Bertz CT molecular complexity index is 966. The molecule has 3 N–H and O–H groups in total. The van der Waals surface area contributed by atoms with Gasteiger partial charge < -0.3 is 20.3 Å². The van der Waals surface area contributed by atoms with E-state index in [-0.39, 0.29) is 18.5 Å². The molecule has 0 rings (SSSR count). The van der Waals surface area contributed by atoms with Crippen LogP contribution in [0.1, 0.15) is 296 Å². The van der Waals surface area contributed by atoms with Crippen molar-refractivity contribution in [2.45, 2.75) is 309 Å². The van der Waals surface area contributed by atoms with Gasteiger partial charge in [0.15, 0.2) is 0 Å². The Balaban J connectivity index is 3.48. The second kappa shape index (κ2) is 52.0. The minimum atomic E-state index is -0.854. The summed E-state index contributed by atoms with van der Waals surface area (Å²) < 4.78 is 5.47. The summed E-state index contributed by atoms with van der Waals surface area (Å²) in [5, 5.41) is 23.1. The van der Waals surface area contributed by atoms with E-state index in [1.54, 1.807) is 6.08 Å². The molecule has 0 bridgehead atoms. The van der Waals surface area contributed by atoms with Crippen molar-refractivity contribution in [3.8, 4) is 0 Å². The van der Waals surface area contributed by atoms with E-state index >= 15 is 0 Å². The van der Waals surface area contributed by atoms with Crippen molar-refractivity contribution in [3.63, 3.8) is 0 Å². The minimum absolute atomic E-state index is 0.0140. The average Bonchev–Trinajstić information content (AvgIpc) is 3.27. The molecule has 0 saturated heterocycles. The van der Waals surface area contributed by atoms with Gasteiger partial charge in [0, 0.05) is 12.8 Å². The Hall–Kier alpha value is -1.66. The van der Waals surface area contributed by atoms with E-state index in [1.807, 2.05) is 6.08 Å². The molecule has 6 heteroatoms. The van der Waals surface area contributed by atoms with E-state index < -0.39 is 12.1 Å². The zero-order valence-electron chi connectivity index (χ0n) is 41.6. The molecule has 366 valence electrons. The van der Waals surface area contributed by atoms with Gasteiger partial charge in [-0.05, 0) is 57.8 Å². The van der Waals surface area contributed by atoms with E-state index in [4.69, 9.17) is 4.74 Å². The summed E-state index contributed by atoms with van der Waals surface area (Å²) in [7, 11) is 0. The van der Waals surface area contributed by atoms with E-state index in [2.05, 4.69) is 31.3 Å². The predicted octanol–water partition coefficient (Wildman–Crippen LogP) is 16.7. The molecule has 2 unspecified atom stereocenters. The van der Waals surface area contributed by atoms with Crippen LogP contribution < -0.4 is 5.32 Å². The molecule has 62 heavy (non-hydrogen) atoms. The zero-order valence-corrected chi connectivity index (χ0v) is 41.6. The third-order valence-electron chi connectivity index (χ3n) is 12.7. The summed E-state index contributed by atoms with van der Waals surface area (Å²) in [6, 6.07) is -0.639. The number of allylic oxidation sites excluding steroid dienone is 3. The Labute approximate surface area is 386 Å². The quantitative estimate of drug-likeness (QED) is 0.0321. The second-order valence-corrected chi connectivity index (χ2v) is 18.9. The fraction of sp³-hybridized carbons (Fsp3) is 0.893. The number of esters is 1. The first-order chi connectivity index (χ1) is 30.5. The van der Waals surface area contributed by atoms with E-state index in [0.29, 0.717) is 19.4 Å². The van der Waals surface area contributed by atoms with Crippen molar-refractivity contribution in [1.29, 1.82) is 0 Å². The largest absolute Gasteiger partial charge is 0.466 e. The van der Waals surface area contributed by atoms with Gasteiger partial charge in [-0.1, -0.05) is 250 Å². The van der Waals surface area contributed by atoms with E-state index in [9.17, 15) is 19.8 Å². The first kappa shape index (κ1) is 60.3. The Morgan fingerprint density at radius 1 is 0.435 bits per heavy atom. The molecule has 0 heterocycles. The summed E-state index contributed by atoms with van der Waals surface area (Å²) in [6.07, 6.45) is 61.8. The third-order valence-corrected chi connectivity index (χ3v) is 12.7. The van der Waals surface area contributed by atoms with Crippen LogP contribution in [0.5, 0.6) is 0 Å². The molecule has 0 spiro atoms. The molecular formula is C56H107NO5. The summed E-state index contributed by atoms with van der Waals surface area (Å²) in [5.74, 6) is -0.0965. The number of aliphatic hydroxyl groups excluding tert-OH is 2. The van der Waals surface area contributed by atoms with Crippen LogP contribution >= 0.6 is 0 Å². The summed E-state index contributed by atoms with van der Waals surface area (Å²) in [5.41, 5.74) is 0. The van der Waals surface area contributed by atoms with Crippen LogP contribution in [0.25, 0.3) is 0 Å². The molecule has 0 aromatic heterocycles. The SMILES string of the molecule is CCCCCCCC/C=C\CCCCCCCCCC(=O)OCCCCCCCCCCCCCCC(=O)NC(CO)C(O)/C=C/CCCCCCCCCCCCCCCC. The van der Waals surface area contributed by atoms with Crippen LogP contribution in [0.4, 0.5) is 0 Å². The normalized spacial score (nSPS) is 12.8. The van der Waals surface area contributed by atoms with Gasteiger partial charge in [-0.15, -0.1) is 0 Å². The second-order valence-electron chi connectivity index (χ2n) is 18.9. The number of carbonyl (C=O) groups excluding carboxylic acids is 2. The molecule has 0 aliphatic heterocycles. The highest BCUT2D eigenvalue weighted by molar-refractivity contribution is 5.76. The topological polar surface area (TPSA) is 95.9 Å². The van der Waals surface area contributed by atoms with Crippen LogP contribution in [-0.2, 0) is 14.3 Å². The minimum Gasteiger partial charge on any atom is -0.466 e. The fourth-order valence-electron chi connectivity index (χ4n) is 8.45. The number of aliphatic hydroxyl groups is 2. The van der Waals surface area contributed by atoms with Crippen LogP contribution in [0.2, 0.25) is 0 Å². The number of hydrogen-bond acceptors (Lipinski definition) is 5. The van der Waals surface area contributed by atoms with Crippen molar-refractivity contribution in [2.24, 2.45) is 0 Å². The molecule has 0 saturated carbocycles. The molecule has 2 atom stereocenters. The molecular weight excluding hydrogens is 767 g/mol. The maximum atomic E-state index is 12.4. The zero-order chi connectivity index (χ0) is 45.1. The number of amides is 1. The first-order valence-electron chi connectivity index (χ1n) is 27.6. The molecule has 0 aromatic rings. The number of unbranched alkanes of at least 4 members (excludes halogenated alkanes) is 38. The smallest absolute Gasteiger partial charge is 0.305 e. The molecule has 0 radical (unpaired) electrons. The van der Waals surface area contributed by atoms with Crippen molar-refractivity contribution in [1.82, 2.24) is 5.32 Å². The number of ether oxygens (including phenoxy) is 1. The maximum absolute atomic E-state index is 12.4. The lowest BCUT2D eigenvalue weighted by Gasteiger charge is -2.20. The van der Waals surface area contributed by atoms with Crippen molar-refractivity contribution < 1.29 is 24.5 Å². The lowest BCUT2D eigenvalue weighted by atomic mass is 10.0. The molecule has 6 nitrogen and oxygen atoms in total. The lowest BCUT2D eigenvalue weighted by molar-refractivity contribution is -0.143. The number of nitrogens with one attached hydrogen (secondary N) is 1. The van der Waals surface area contributed by atoms with Gasteiger partial charge in [-0.3, -0.25) is 9.59 Å². The van der Waals surface area contributed by atoms with Crippen LogP contribution in [0, 0.1) is 0 Å². The van der Waals surface area contributed by atoms with Gasteiger partial charge in [0.1, 0.15) is 0 Å². The molecule has 0 fully saturated rings. The maximum Gasteiger partial charge on any atom is 0.305 e. The molecule has 0 aliphatic rings. The average molecular weight is 874 g/mol. The van der Waals surface area contributed by atoms with Gasteiger partial charge in [-0.2, -0.15) is 0 Å². The third kappa shape index (κ3) is 47.8. The monoisotopic (exact) mass is 874 g/mol.